The molecule has 0 aromatic heterocycles. The van der Waals surface area contributed by atoms with Gasteiger partial charge in [-0.3, -0.25) is 0 Å². The van der Waals surface area contributed by atoms with E-state index in [1.165, 1.54) is 38.9 Å². The Balaban J connectivity index is 1.69. The number of hydroxylamine groups is 1. The SMILES string of the molecule is O=C(NO)c1c(Cl)cccc1I(=O)(O)N1CCC(Oc2ccc(C(F)(F)F)cc2)CC1. The van der Waals surface area contributed by atoms with Gasteiger partial charge < -0.3 is 0 Å². The summed E-state index contributed by atoms with van der Waals surface area (Å²) in [5.74, 6) is -0.708. The van der Waals surface area contributed by atoms with Gasteiger partial charge in [0.2, 0.25) is 0 Å². The zero-order valence-corrected chi connectivity index (χ0v) is 18.8. The molecular weight excluding hydrogens is 556 g/mol. The standard InChI is InChI=1S/C19H19ClF3IN2O5/c20-15-2-1-3-16(17(15)18(27)25-30)24(28,29)26-10-8-14(9-11-26)31-13-6-4-12(5-7-13)19(21,22)23/h1-7,14,30H,8-11H2,(H,25,27)(H,28,29). The molecule has 0 radical (unpaired) electrons. The molecule has 1 heterocycles. The number of amides is 1. The fraction of sp³-hybridized carbons (Fsp3) is 0.316. The molecule has 2 aromatic rings. The fourth-order valence-electron chi connectivity index (χ4n) is 3.19. The molecule has 170 valence electrons. The Bertz CT molecular complexity index is 995. The third-order valence-corrected chi connectivity index (χ3v) is 10.3. The van der Waals surface area contributed by atoms with Crippen molar-refractivity contribution in [3.63, 3.8) is 0 Å². The number of hydrogen-bond acceptors (Lipinski definition) is 4. The van der Waals surface area contributed by atoms with Crippen LogP contribution in [0.4, 0.5) is 13.2 Å². The molecule has 0 spiro atoms. The van der Waals surface area contributed by atoms with Crippen molar-refractivity contribution in [2.75, 3.05) is 13.1 Å². The molecule has 0 saturated carbocycles. The van der Waals surface area contributed by atoms with Crippen molar-refractivity contribution in [3.8, 4) is 5.75 Å². The van der Waals surface area contributed by atoms with E-state index in [1.807, 2.05) is 0 Å². The van der Waals surface area contributed by atoms with Crippen molar-refractivity contribution in [2.45, 2.75) is 25.1 Å². The summed E-state index contributed by atoms with van der Waals surface area (Å²) < 4.78 is 69.0. The van der Waals surface area contributed by atoms with Gasteiger partial charge in [-0.05, 0) is 0 Å². The fourth-order valence-corrected chi connectivity index (χ4v) is 8.12. The van der Waals surface area contributed by atoms with Crippen LogP contribution in [0, 0.1) is 3.57 Å². The van der Waals surface area contributed by atoms with Crippen LogP contribution in [-0.4, -0.2) is 36.9 Å². The van der Waals surface area contributed by atoms with Crippen molar-refractivity contribution >= 4 is 36.6 Å². The van der Waals surface area contributed by atoms with E-state index in [1.54, 1.807) is 0 Å². The van der Waals surface area contributed by atoms with Crippen molar-refractivity contribution in [2.24, 2.45) is 0 Å². The first-order valence-corrected chi connectivity index (χ1v) is 13.3. The monoisotopic (exact) mass is 574 g/mol. The molecule has 1 unspecified atom stereocenters. The summed E-state index contributed by atoms with van der Waals surface area (Å²) >= 11 is 0.947. The molecule has 1 aliphatic heterocycles. The minimum atomic E-state index is -5.05. The molecule has 1 atom stereocenters. The maximum absolute atomic E-state index is 13.2. The molecule has 3 rings (SSSR count). The average molecular weight is 575 g/mol. The Morgan fingerprint density at radius 1 is 1.16 bits per heavy atom. The predicted molar refractivity (Wildman–Crippen MR) is 113 cm³/mol. The van der Waals surface area contributed by atoms with Gasteiger partial charge in [-0.2, -0.15) is 0 Å². The molecule has 2 aromatic carbocycles. The number of halogens is 5. The molecule has 7 nitrogen and oxygen atoms in total. The number of rotatable bonds is 5. The second-order valence-corrected chi connectivity index (χ2v) is 12.3. The normalized spacial score (nSPS) is 18.8. The van der Waals surface area contributed by atoms with Crippen LogP contribution >= 0.6 is 30.7 Å². The minimum absolute atomic E-state index is 0.0672. The zero-order valence-electron chi connectivity index (χ0n) is 15.9. The molecule has 0 bridgehead atoms. The van der Waals surface area contributed by atoms with E-state index < -0.39 is 36.8 Å². The number of nitrogens with zero attached hydrogens (tertiary/aromatic N) is 1. The first-order chi connectivity index (χ1) is 14.5. The maximum atomic E-state index is 13.2. The van der Waals surface area contributed by atoms with Gasteiger partial charge in [0.25, 0.3) is 0 Å². The summed E-state index contributed by atoms with van der Waals surface area (Å²) in [6, 6.07) is 8.48. The predicted octanol–water partition coefficient (Wildman–Crippen LogP) is 4.40. The van der Waals surface area contributed by atoms with E-state index in [0.29, 0.717) is 12.8 Å². The van der Waals surface area contributed by atoms with E-state index in [4.69, 9.17) is 21.5 Å². The Hall–Kier alpha value is -1.80. The number of alkyl halides is 3. The van der Waals surface area contributed by atoms with Gasteiger partial charge in [-0.25, -0.2) is 0 Å². The molecule has 1 aliphatic rings. The molecule has 31 heavy (non-hydrogen) atoms. The Kier molecular flexibility index (Phi) is 7.21. The molecule has 3 N–H and O–H groups in total. The Morgan fingerprint density at radius 3 is 2.32 bits per heavy atom. The van der Waals surface area contributed by atoms with Gasteiger partial charge in [0.15, 0.2) is 0 Å². The van der Waals surface area contributed by atoms with Crippen LogP contribution in [0.15, 0.2) is 42.5 Å². The van der Waals surface area contributed by atoms with E-state index >= 15 is 0 Å². The summed E-state index contributed by atoms with van der Waals surface area (Å²) in [6.07, 6.45) is -4.06. The second-order valence-electron chi connectivity index (χ2n) is 6.75. The van der Waals surface area contributed by atoms with Crippen LogP contribution in [0.2, 0.25) is 5.02 Å². The quantitative estimate of drug-likeness (QED) is 0.212. The molecule has 1 amide bonds. The number of carbonyl (C=O) groups is 1. The summed E-state index contributed by atoms with van der Waals surface area (Å²) in [5.41, 5.74) is 0.396. The Morgan fingerprint density at radius 2 is 1.77 bits per heavy atom. The van der Waals surface area contributed by atoms with Crippen LogP contribution < -0.4 is 10.2 Å². The number of piperidine rings is 1. The van der Waals surface area contributed by atoms with E-state index in [9.17, 15) is 24.5 Å². The van der Waals surface area contributed by atoms with Crippen LogP contribution in [-0.2, 0) is 9.25 Å². The zero-order chi connectivity index (χ0) is 22.8. The third-order valence-electron chi connectivity index (χ3n) is 4.75. The molecular formula is C19H19ClF3IN2O5. The number of hydrogen-bond donors (Lipinski definition) is 3. The van der Waals surface area contributed by atoms with Crippen LogP contribution in [0.1, 0.15) is 28.8 Å². The molecule has 1 fully saturated rings. The van der Waals surface area contributed by atoms with E-state index in [0.717, 1.165) is 12.1 Å². The first kappa shape index (κ1) is 23.9. The van der Waals surface area contributed by atoms with E-state index in [2.05, 4.69) is 0 Å². The number of ether oxygens (including phenoxy) is 1. The van der Waals surface area contributed by atoms with Crippen molar-refractivity contribution in [3.05, 3.63) is 62.2 Å². The van der Waals surface area contributed by atoms with Crippen molar-refractivity contribution in [1.82, 2.24) is 8.59 Å². The second kappa shape index (κ2) is 9.36. The van der Waals surface area contributed by atoms with Gasteiger partial charge in [0.1, 0.15) is 0 Å². The van der Waals surface area contributed by atoms with Crippen molar-refractivity contribution in [1.29, 1.82) is 0 Å². The van der Waals surface area contributed by atoms with Crippen LogP contribution in [0.5, 0.6) is 5.75 Å². The van der Waals surface area contributed by atoms with Crippen LogP contribution in [0.3, 0.4) is 0 Å². The number of nitrogens with one attached hydrogen (secondary N) is 1. The van der Waals surface area contributed by atoms with Gasteiger partial charge in [-0.15, -0.1) is 0 Å². The Labute approximate surface area is 185 Å². The molecule has 12 heteroatoms. The number of benzene rings is 2. The molecule has 0 aliphatic carbocycles. The third kappa shape index (κ3) is 5.34. The summed E-state index contributed by atoms with van der Waals surface area (Å²) in [4.78, 5) is 12.0. The molecule has 1 saturated heterocycles. The van der Waals surface area contributed by atoms with Crippen molar-refractivity contribution < 1.29 is 34.4 Å². The van der Waals surface area contributed by atoms with Gasteiger partial charge >= 0.3 is 186 Å². The van der Waals surface area contributed by atoms with Gasteiger partial charge in [0, 0.05) is 0 Å². The summed E-state index contributed by atoms with van der Waals surface area (Å²) in [6.45, 7) is 0.350. The first-order valence-electron chi connectivity index (χ1n) is 9.07. The topological polar surface area (TPSA) is 99.1 Å². The summed E-state index contributed by atoms with van der Waals surface area (Å²) in [7, 11) is 0. The van der Waals surface area contributed by atoms with Gasteiger partial charge in [0.05, 0.1) is 0 Å². The summed E-state index contributed by atoms with van der Waals surface area (Å²) in [5, 5.41) is 8.87. The van der Waals surface area contributed by atoms with E-state index in [-0.39, 0.29) is 39.1 Å². The van der Waals surface area contributed by atoms with Gasteiger partial charge in [-0.1, -0.05) is 0 Å². The van der Waals surface area contributed by atoms with Crippen LogP contribution in [0.25, 0.3) is 0 Å². The number of carbonyl (C=O) groups excluding carboxylic acids is 1. The average Bonchev–Trinajstić information content (AvgIpc) is 2.73.